The van der Waals surface area contributed by atoms with Gasteiger partial charge in [0.2, 0.25) is 0 Å². The summed E-state index contributed by atoms with van der Waals surface area (Å²) in [6.45, 7) is 3.71. The fourth-order valence-electron chi connectivity index (χ4n) is 3.45. The molecule has 0 aliphatic carbocycles. The van der Waals surface area contributed by atoms with Crippen LogP contribution in [0.15, 0.2) is 66.5 Å². The van der Waals surface area contributed by atoms with Gasteiger partial charge in [-0.25, -0.2) is 9.79 Å². The van der Waals surface area contributed by atoms with Crippen molar-refractivity contribution in [3.8, 4) is 5.75 Å². The Bertz CT molecular complexity index is 1360. The molecule has 0 amide bonds. The number of carbonyl (C=O) groups excluding carboxylic acids is 1. The lowest BCUT2D eigenvalue weighted by atomic mass is 9.95. The standard InChI is InChI=1S/C22H19BrN2O5S/c1-4-29-21(27)18-12(2)24-22-25(19(18)13-6-5-7-14(10-13)28-3)20(26)16(31-22)11-15-8-9-17(23)30-15/h5-11,19H,4H2,1-3H3. The van der Waals surface area contributed by atoms with Crippen LogP contribution < -0.4 is 19.6 Å². The van der Waals surface area contributed by atoms with Gasteiger partial charge in [0.25, 0.3) is 5.56 Å². The van der Waals surface area contributed by atoms with E-state index in [1.165, 1.54) is 15.9 Å². The number of thiazole rings is 1. The Morgan fingerprint density at radius 1 is 1.35 bits per heavy atom. The molecule has 3 heterocycles. The van der Waals surface area contributed by atoms with Crippen molar-refractivity contribution in [3.63, 3.8) is 0 Å². The van der Waals surface area contributed by atoms with Crippen LogP contribution in [0.1, 0.15) is 31.2 Å². The van der Waals surface area contributed by atoms with Crippen LogP contribution in [0.25, 0.3) is 6.08 Å². The quantitative estimate of drug-likeness (QED) is 0.500. The van der Waals surface area contributed by atoms with Gasteiger partial charge in [-0.2, -0.15) is 0 Å². The molecule has 0 saturated carbocycles. The summed E-state index contributed by atoms with van der Waals surface area (Å²) in [6, 6.07) is 10.1. The first-order valence-electron chi connectivity index (χ1n) is 9.52. The molecule has 0 fully saturated rings. The van der Waals surface area contributed by atoms with Gasteiger partial charge in [-0.05, 0) is 59.6 Å². The van der Waals surface area contributed by atoms with Gasteiger partial charge < -0.3 is 13.9 Å². The number of benzene rings is 1. The Hall–Kier alpha value is -2.91. The van der Waals surface area contributed by atoms with E-state index in [4.69, 9.17) is 13.9 Å². The minimum atomic E-state index is -0.684. The second kappa shape index (κ2) is 8.68. The largest absolute Gasteiger partial charge is 0.497 e. The molecule has 160 valence electrons. The highest BCUT2D eigenvalue weighted by atomic mass is 79.9. The molecular formula is C22H19BrN2O5S. The highest BCUT2D eigenvalue weighted by Crippen LogP contribution is 2.32. The molecule has 2 aromatic heterocycles. The van der Waals surface area contributed by atoms with Crippen LogP contribution >= 0.6 is 27.3 Å². The molecule has 0 bridgehead atoms. The molecule has 9 heteroatoms. The molecule has 31 heavy (non-hydrogen) atoms. The lowest BCUT2D eigenvalue weighted by Gasteiger charge is -2.24. The maximum Gasteiger partial charge on any atom is 0.338 e. The average Bonchev–Trinajstić information content (AvgIpc) is 3.30. The summed E-state index contributed by atoms with van der Waals surface area (Å²) < 4.78 is 18.7. The minimum absolute atomic E-state index is 0.220. The van der Waals surface area contributed by atoms with E-state index in [1.54, 1.807) is 39.2 Å². The van der Waals surface area contributed by atoms with Crippen LogP contribution in [0, 0.1) is 0 Å². The number of hydrogen-bond acceptors (Lipinski definition) is 7. The van der Waals surface area contributed by atoms with Gasteiger partial charge >= 0.3 is 5.97 Å². The third-order valence-corrected chi connectivity index (χ3v) is 6.20. The number of nitrogens with zero attached hydrogens (tertiary/aromatic N) is 2. The monoisotopic (exact) mass is 502 g/mol. The summed E-state index contributed by atoms with van der Waals surface area (Å²) >= 11 is 4.51. The molecule has 1 aromatic carbocycles. The average molecular weight is 503 g/mol. The number of ether oxygens (including phenoxy) is 2. The maximum atomic E-state index is 13.4. The van der Waals surface area contributed by atoms with Crippen molar-refractivity contribution in [2.75, 3.05) is 13.7 Å². The van der Waals surface area contributed by atoms with Gasteiger partial charge in [0, 0.05) is 6.08 Å². The van der Waals surface area contributed by atoms with Crippen molar-refractivity contribution in [2.45, 2.75) is 19.9 Å². The van der Waals surface area contributed by atoms with E-state index >= 15 is 0 Å². The molecule has 1 aliphatic heterocycles. The van der Waals surface area contributed by atoms with Gasteiger partial charge in [-0.15, -0.1) is 0 Å². The number of esters is 1. The van der Waals surface area contributed by atoms with Gasteiger partial charge in [0.05, 0.1) is 35.6 Å². The first-order chi connectivity index (χ1) is 14.9. The highest BCUT2D eigenvalue weighted by molar-refractivity contribution is 9.10. The van der Waals surface area contributed by atoms with E-state index in [0.717, 1.165) is 5.56 Å². The summed E-state index contributed by atoms with van der Waals surface area (Å²) in [5.74, 6) is 0.662. The van der Waals surface area contributed by atoms with Crippen LogP contribution in [0.4, 0.5) is 0 Å². The van der Waals surface area contributed by atoms with Crippen LogP contribution in [0.2, 0.25) is 0 Å². The molecular weight excluding hydrogens is 484 g/mol. The van der Waals surface area contributed by atoms with Gasteiger partial charge in [0.15, 0.2) is 9.47 Å². The Balaban J connectivity index is 1.97. The second-order valence-electron chi connectivity index (χ2n) is 6.72. The summed E-state index contributed by atoms with van der Waals surface area (Å²) in [7, 11) is 1.57. The van der Waals surface area contributed by atoms with E-state index in [9.17, 15) is 9.59 Å². The van der Waals surface area contributed by atoms with E-state index < -0.39 is 12.0 Å². The predicted molar refractivity (Wildman–Crippen MR) is 120 cm³/mol. The first-order valence-corrected chi connectivity index (χ1v) is 11.1. The summed E-state index contributed by atoms with van der Waals surface area (Å²) in [5, 5.41) is 0. The molecule has 1 aliphatic rings. The number of fused-ring (bicyclic) bond motifs is 1. The van der Waals surface area contributed by atoms with Crippen LogP contribution in [-0.4, -0.2) is 24.3 Å². The number of allylic oxidation sites excluding steroid dienone is 1. The van der Waals surface area contributed by atoms with Crippen molar-refractivity contribution < 1.29 is 18.7 Å². The zero-order chi connectivity index (χ0) is 22.1. The van der Waals surface area contributed by atoms with Crippen molar-refractivity contribution in [2.24, 2.45) is 4.99 Å². The molecule has 0 saturated heterocycles. The summed E-state index contributed by atoms with van der Waals surface area (Å²) in [6.07, 6.45) is 1.67. The topological polar surface area (TPSA) is 83.0 Å². The smallest absolute Gasteiger partial charge is 0.338 e. The maximum absolute atomic E-state index is 13.4. The highest BCUT2D eigenvalue weighted by Gasteiger charge is 2.33. The zero-order valence-corrected chi connectivity index (χ0v) is 19.5. The number of methoxy groups -OCH3 is 1. The lowest BCUT2D eigenvalue weighted by molar-refractivity contribution is -0.139. The van der Waals surface area contributed by atoms with Crippen LogP contribution in [0.5, 0.6) is 5.75 Å². The summed E-state index contributed by atoms with van der Waals surface area (Å²) in [4.78, 5) is 31.3. The molecule has 7 nitrogen and oxygen atoms in total. The number of carbonyl (C=O) groups is 1. The molecule has 1 atom stereocenters. The number of hydrogen-bond donors (Lipinski definition) is 0. The Kier molecular flexibility index (Phi) is 5.97. The van der Waals surface area contributed by atoms with Crippen molar-refractivity contribution >= 4 is 39.3 Å². The Morgan fingerprint density at radius 2 is 2.16 bits per heavy atom. The van der Waals surface area contributed by atoms with Crippen LogP contribution in [0.3, 0.4) is 0 Å². The van der Waals surface area contributed by atoms with E-state index in [2.05, 4.69) is 20.9 Å². The zero-order valence-electron chi connectivity index (χ0n) is 17.0. The number of rotatable bonds is 5. The minimum Gasteiger partial charge on any atom is -0.497 e. The Morgan fingerprint density at radius 3 is 2.84 bits per heavy atom. The van der Waals surface area contributed by atoms with Gasteiger partial charge in [-0.3, -0.25) is 9.36 Å². The molecule has 4 rings (SSSR count). The Labute approximate surface area is 190 Å². The third-order valence-electron chi connectivity index (χ3n) is 4.79. The van der Waals surface area contributed by atoms with Crippen LogP contribution in [-0.2, 0) is 9.53 Å². The third kappa shape index (κ3) is 4.03. The van der Waals surface area contributed by atoms with Crippen molar-refractivity contribution in [1.82, 2.24) is 4.57 Å². The molecule has 0 spiro atoms. The molecule has 3 aromatic rings. The fourth-order valence-corrected chi connectivity index (χ4v) is 4.80. The molecule has 0 radical (unpaired) electrons. The second-order valence-corrected chi connectivity index (χ2v) is 8.51. The fraction of sp³-hybridized carbons (Fsp3) is 0.227. The van der Waals surface area contributed by atoms with E-state index in [-0.39, 0.29) is 12.2 Å². The summed E-state index contributed by atoms with van der Waals surface area (Å²) in [5.41, 5.74) is 1.30. The van der Waals surface area contributed by atoms with E-state index in [0.29, 0.717) is 36.8 Å². The number of aromatic nitrogens is 1. The van der Waals surface area contributed by atoms with Gasteiger partial charge in [-0.1, -0.05) is 23.5 Å². The van der Waals surface area contributed by atoms with Gasteiger partial charge in [0.1, 0.15) is 11.5 Å². The van der Waals surface area contributed by atoms with E-state index in [1.807, 2.05) is 24.3 Å². The van der Waals surface area contributed by atoms with Crippen molar-refractivity contribution in [1.29, 1.82) is 0 Å². The molecule has 0 N–H and O–H groups in total. The predicted octanol–water partition coefficient (Wildman–Crippen LogP) is 3.16. The first kappa shape index (κ1) is 21.3. The number of halogens is 1. The normalized spacial score (nSPS) is 16.1. The molecule has 1 unspecified atom stereocenters. The SMILES string of the molecule is CCOC(=O)C1=C(C)N=c2sc(=Cc3ccc(Br)o3)c(=O)n2C1c1cccc(OC)c1. The number of furan rings is 1. The lowest BCUT2D eigenvalue weighted by Crippen LogP contribution is -2.39. The van der Waals surface area contributed by atoms with Crippen molar-refractivity contribution in [3.05, 3.63) is 83.3 Å².